The topological polar surface area (TPSA) is 50.6 Å². The highest BCUT2D eigenvalue weighted by molar-refractivity contribution is 5.78. The van der Waals surface area contributed by atoms with Gasteiger partial charge in [-0.3, -0.25) is 9.69 Å². The molecule has 0 unspecified atom stereocenters. The first kappa shape index (κ1) is 20.6. The van der Waals surface area contributed by atoms with Gasteiger partial charge in [0.2, 0.25) is 5.91 Å². The molecule has 6 nitrogen and oxygen atoms in total. The lowest BCUT2D eigenvalue weighted by atomic mass is 10.1. The molecule has 0 aliphatic carbocycles. The SMILES string of the molecule is Cc1cccc(Cn2ccnc2CN(CCN2CCOCC2)C(=O)C(C)C)c1. The second-order valence-electron chi connectivity index (χ2n) is 7.83. The fraction of sp³-hybridized carbons (Fsp3) is 0.545. The van der Waals surface area contributed by atoms with E-state index in [1.54, 1.807) is 0 Å². The molecule has 2 heterocycles. The summed E-state index contributed by atoms with van der Waals surface area (Å²) < 4.78 is 7.57. The maximum Gasteiger partial charge on any atom is 0.225 e. The van der Waals surface area contributed by atoms with Gasteiger partial charge in [-0.1, -0.05) is 43.7 Å². The number of carbonyl (C=O) groups excluding carboxylic acids is 1. The highest BCUT2D eigenvalue weighted by Gasteiger charge is 2.21. The number of rotatable bonds is 8. The first-order chi connectivity index (χ1) is 13.5. The van der Waals surface area contributed by atoms with Gasteiger partial charge in [0.1, 0.15) is 5.82 Å². The van der Waals surface area contributed by atoms with E-state index in [2.05, 4.69) is 45.6 Å². The number of hydrogen-bond donors (Lipinski definition) is 0. The van der Waals surface area contributed by atoms with Gasteiger partial charge in [0.15, 0.2) is 0 Å². The Labute approximate surface area is 168 Å². The van der Waals surface area contributed by atoms with E-state index in [4.69, 9.17) is 4.74 Å². The summed E-state index contributed by atoms with van der Waals surface area (Å²) >= 11 is 0. The fourth-order valence-electron chi connectivity index (χ4n) is 3.53. The zero-order valence-corrected chi connectivity index (χ0v) is 17.3. The van der Waals surface area contributed by atoms with Crippen LogP contribution in [0.3, 0.4) is 0 Å². The standard InChI is InChI=1S/C22H32N4O2/c1-18(2)22(27)26(10-9-24-11-13-28-14-12-24)17-21-23-7-8-25(21)16-20-6-4-5-19(3)15-20/h4-8,15,18H,9-14,16-17H2,1-3H3. The monoisotopic (exact) mass is 384 g/mol. The molecule has 1 amide bonds. The van der Waals surface area contributed by atoms with Crippen molar-refractivity contribution >= 4 is 5.91 Å². The van der Waals surface area contributed by atoms with E-state index in [-0.39, 0.29) is 11.8 Å². The van der Waals surface area contributed by atoms with Gasteiger partial charge in [-0.2, -0.15) is 0 Å². The summed E-state index contributed by atoms with van der Waals surface area (Å²) in [6.45, 7) is 12.4. The average molecular weight is 385 g/mol. The van der Waals surface area contributed by atoms with E-state index in [1.807, 2.05) is 31.1 Å². The van der Waals surface area contributed by atoms with Crippen LogP contribution in [-0.2, 0) is 22.6 Å². The van der Waals surface area contributed by atoms with E-state index >= 15 is 0 Å². The molecule has 6 heteroatoms. The van der Waals surface area contributed by atoms with E-state index in [0.717, 1.165) is 45.2 Å². The minimum atomic E-state index is -0.0233. The van der Waals surface area contributed by atoms with Crippen molar-refractivity contribution in [2.24, 2.45) is 5.92 Å². The van der Waals surface area contributed by atoms with E-state index < -0.39 is 0 Å². The third kappa shape index (κ3) is 5.66. The van der Waals surface area contributed by atoms with Gasteiger partial charge in [-0.25, -0.2) is 4.98 Å². The Morgan fingerprint density at radius 3 is 2.79 bits per heavy atom. The van der Waals surface area contributed by atoms with Gasteiger partial charge in [0.25, 0.3) is 0 Å². The zero-order chi connectivity index (χ0) is 19.9. The van der Waals surface area contributed by atoms with Gasteiger partial charge in [-0.15, -0.1) is 0 Å². The van der Waals surface area contributed by atoms with Gasteiger partial charge in [0.05, 0.1) is 19.8 Å². The normalized spacial score (nSPS) is 15.1. The summed E-state index contributed by atoms with van der Waals surface area (Å²) in [5.41, 5.74) is 2.50. The lowest BCUT2D eigenvalue weighted by molar-refractivity contribution is -0.135. The summed E-state index contributed by atoms with van der Waals surface area (Å²) in [6.07, 6.45) is 3.82. The van der Waals surface area contributed by atoms with Gasteiger partial charge in [-0.05, 0) is 12.5 Å². The van der Waals surface area contributed by atoms with E-state index in [0.29, 0.717) is 13.1 Å². The summed E-state index contributed by atoms with van der Waals surface area (Å²) in [7, 11) is 0. The van der Waals surface area contributed by atoms with Crippen LogP contribution in [0.5, 0.6) is 0 Å². The highest BCUT2D eigenvalue weighted by atomic mass is 16.5. The maximum absolute atomic E-state index is 12.8. The number of ether oxygens (including phenoxy) is 1. The molecule has 1 saturated heterocycles. The number of aromatic nitrogens is 2. The molecule has 1 aromatic carbocycles. The van der Waals surface area contributed by atoms with Crippen LogP contribution < -0.4 is 0 Å². The van der Waals surface area contributed by atoms with Crippen LogP contribution >= 0.6 is 0 Å². The Morgan fingerprint density at radius 1 is 1.29 bits per heavy atom. The summed E-state index contributed by atoms with van der Waals surface area (Å²) in [5.74, 6) is 1.08. The van der Waals surface area contributed by atoms with Crippen molar-refractivity contribution in [1.29, 1.82) is 0 Å². The number of imidazole rings is 1. The second kappa shape index (κ2) is 9.85. The Bertz CT molecular complexity index is 765. The molecule has 3 rings (SSSR count). The molecule has 1 aromatic heterocycles. The number of morpholine rings is 1. The van der Waals surface area contributed by atoms with Gasteiger partial charge < -0.3 is 14.2 Å². The fourth-order valence-corrected chi connectivity index (χ4v) is 3.53. The molecule has 0 bridgehead atoms. The molecule has 2 aromatic rings. The highest BCUT2D eigenvalue weighted by Crippen LogP contribution is 2.12. The minimum absolute atomic E-state index is 0.0233. The molecule has 0 N–H and O–H groups in total. The number of benzene rings is 1. The minimum Gasteiger partial charge on any atom is -0.379 e. The summed E-state index contributed by atoms with van der Waals surface area (Å²) in [4.78, 5) is 21.7. The quantitative estimate of drug-likeness (QED) is 0.702. The van der Waals surface area contributed by atoms with Gasteiger partial charge in [0, 0.05) is 51.0 Å². The summed E-state index contributed by atoms with van der Waals surface area (Å²) in [5, 5.41) is 0. The zero-order valence-electron chi connectivity index (χ0n) is 17.3. The number of hydrogen-bond acceptors (Lipinski definition) is 4. The van der Waals surface area contributed by atoms with Crippen molar-refractivity contribution in [3.05, 3.63) is 53.6 Å². The predicted molar refractivity (Wildman–Crippen MR) is 110 cm³/mol. The lowest BCUT2D eigenvalue weighted by Gasteiger charge is -2.30. The Hall–Kier alpha value is -2.18. The number of amides is 1. The smallest absolute Gasteiger partial charge is 0.225 e. The molecule has 0 radical (unpaired) electrons. The summed E-state index contributed by atoms with van der Waals surface area (Å²) in [6, 6.07) is 8.51. The van der Waals surface area contributed by atoms with Gasteiger partial charge >= 0.3 is 0 Å². The van der Waals surface area contributed by atoms with Crippen molar-refractivity contribution < 1.29 is 9.53 Å². The van der Waals surface area contributed by atoms with E-state index in [1.165, 1.54) is 11.1 Å². The molecule has 0 atom stereocenters. The third-order valence-electron chi connectivity index (χ3n) is 5.16. The number of aryl methyl sites for hydroxylation is 1. The maximum atomic E-state index is 12.8. The van der Waals surface area contributed by atoms with Crippen LogP contribution in [-0.4, -0.2) is 64.7 Å². The molecule has 0 spiro atoms. The van der Waals surface area contributed by atoms with Crippen molar-refractivity contribution in [1.82, 2.24) is 19.4 Å². The van der Waals surface area contributed by atoms with Crippen LogP contribution in [0, 0.1) is 12.8 Å². The molecular weight excluding hydrogens is 352 g/mol. The van der Waals surface area contributed by atoms with E-state index in [9.17, 15) is 4.79 Å². The molecule has 1 fully saturated rings. The Balaban J connectivity index is 1.68. The van der Waals surface area contributed by atoms with Crippen LogP contribution in [0.25, 0.3) is 0 Å². The van der Waals surface area contributed by atoms with Crippen molar-refractivity contribution in [2.45, 2.75) is 33.9 Å². The van der Waals surface area contributed by atoms with Crippen LogP contribution in [0.4, 0.5) is 0 Å². The average Bonchev–Trinajstić information content (AvgIpc) is 3.12. The molecule has 0 saturated carbocycles. The molecule has 152 valence electrons. The number of nitrogens with zero attached hydrogens (tertiary/aromatic N) is 4. The van der Waals surface area contributed by atoms with Crippen molar-refractivity contribution in [3.63, 3.8) is 0 Å². The van der Waals surface area contributed by atoms with Crippen LogP contribution in [0.2, 0.25) is 0 Å². The second-order valence-corrected chi connectivity index (χ2v) is 7.83. The lowest BCUT2D eigenvalue weighted by Crippen LogP contribution is -2.44. The van der Waals surface area contributed by atoms with Crippen molar-refractivity contribution in [3.8, 4) is 0 Å². The Morgan fingerprint density at radius 2 is 2.07 bits per heavy atom. The van der Waals surface area contributed by atoms with Crippen LogP contribution in [0.1, 0.15) is 30.8 Å². The first-order valence-electron chi connectivity index (χ1n) is 10.2. The van der Waals surface area contributed by atoms with Crippen LogP contribution in [0.15, 0.2) is 36.7 Å². The molecular formula is C22H32N4O2. The first-order valence-corrected chi connectivity index (χ1v) is 10.2. The Kier molecular flexibility index (Phi) is 7.23. The molecule has 28 heavy (non-hydrogen) atoms. The number of carbonyl (C=O) groups is 1. The molecule has 1 aliphatic heterocycles. The third-order valence-corrected chi connectivity index (χ3v) is 5.16. The van der Waals surface area contributed by atoms with Crippen molar-refractivity contribution in [2.75, 3.05) is 39.4 Å². The molecule has 1 aliphatic rings. The largest absolute Gasteiger partial charge is 0.379 e. The predicted octanol–water partition coefficient (Wildman–Crippen LogP) is 2.56.